The lowest BCUT2D eigenvalue weighted by atomic mass is 10.3. The molecule has 0 radical (unpaired) electrons. The molecule has 0 bridgehead atoms. The number of pyridine rings is 1. The number of nitrogens with one attached hydrogen (secondary N) is 2. The van der Waals surface area contributed by atoms with Crippen LogP contribution in [0.15, 0.2) is 42.6 Å². The van der Waals surface area contributed by atoms with E-state index in [9.17, 15) is 13.2 Å². The van der Waals surface area contributed by atoms with Crippen LogP contribution >= 0.6 is 0 Å². The van der Waals surface area contributed by atoms with E-state index in [1.165, 1.54) is 24.3 Å². The topological polar surface area (TPSA) is 46.2 Å². The number of hydrogen-bond acceptors (Lipinski definition) is 4. The maximum atomic E-state index is 12.1. The first-order valence-corrected chi connectivity index (χ1v) is 6.29. The summed E-state index contributed by atoms with van der Waals surface area (Å²) in [5.41, 5.74) is 1.43. The van der Waals surface area contributed by atoms with Crippen molar-refractivity contribution in [3.05, 3.63) is 42.6 Å². The summed E-state index contributed by atoms with van der Waals surface area (Å²) in [5.74, 6) is 0.468. The Bertz CT molecular complexity index is 585. The van der Waals surface area contributed by atoms with E-state index in [0.29, 0.717) is 5.69 Å². The summed E-state index contributed by atoms with van der Waals surface area (Å²) in [7, 11) is 0. The predicted octanol–water partition coefficient (Wildman–Crippen LogP) is 4.16. The summed E-state index contributed by atoms with van der Waals surface area (Å²) >= 11 is 0. The molecule has 21 heavy (non-hydrogen) atoms. The minimum absolute atomic E-state index is 0.254. The molecule has 0 saturated heterocycles. The number of nitrogens with zero attached hydrogens (tertiary/aromatic N) is 1. The Labute approximate surface area is 120 Å². The van der Waals surface area contributed by atoms with Crippen molar-refractivity contribution >= 4 is 17.2 Å². The number of alkyl halides is 3. The van der Waals surface area contributed by atoms with Gasteiger partial charge in [-0.25, -0.2) is 4.98 Å². The molecule has 0 amide bonds. The van der Waals surface area contributed by atoms with Crippen LogP contribution in [0.25, 0.3) is 0 Å². The lowest BCUT2D eigenvalue weighted by Gasteiger charge is -2.11. The van der Waals surface area contributed by atoms with Crippen molar-refractivity contribution in [1.82, 2.24) is 4.98 Å². The highest BCUT2D eigenvalue weighted by atomic mass is 19.4. The van der Waals surface area contributed by atoms with Crippen LogP contribution in [0.1, 0.15) is 6.92 Å². The molecule has 1 aromatic heterocycles. The van der Waals surface area contributed by atoms with Crippen molar-refractivity contribution in [1.29, 1.82) is 0 Å². The average Bonchev–Trinajstić information content (AvgIpc) is 2.40. The first-order chi connectivity index (χ1) is 9.96. The summed E-state index contributed by atoms with van der Waals surface area (Å²) in [5, 5.41) is 6.15. The van der Waals surface area contributed by atoms with E-state index in [0.717, 1.165) is 18.1 Å². The van der Waals surface area contributed by atoms with Gasteiger partial charge in [0.05, 0.1) is 0 Å². The van der Waals surface area contributed by atoms with E-state index in [1.807, 2.05) is 13.0 Å². The van der Waals surface area contributed by atoms with Gasteiger partial charge in [-0.15, -0.1) is 13.2 Å². The molecular weight excluding hydrogens is 283 g/mol. The summed E-state index contributed by atoms with van der Waals surface area (Å²) in [6.45, 7) is 2.71. The minimum atomic E-state index is -4.68. The number of halogens is 3. The highest BCUT2D eigenvalue weighted by Gasteiger charge is 2.30. The Morgan fingerprint density at radius 3 is 2.43 bits per heavy atom. The molecule has 2 N–H and O–H groups in total. The lowest BCUT2D eigenvalue weighted by molar-refractivity contribution is -0.274. The van der Waals surface area contributed by atoms with Crippen LogP contribution in [-0.2, 0) is 0 Å². The smallest absolute Gasteiger partial charge is 0.406 e. The van der Waals surface area contributed by atoms with Crippen molar-refractivity contribution < 1.29 is 17.9 Å². The van der Waals surface area contributed by atoms with Gasteiger partial charge in [-0.2, -0.15) is 0 Å². The molecule has 2 aromatic rings. The Hall–Kier alpha value is -2.44. The first-order valence-electron chi connectivity index (χ1n) is 6.29. The zero-order valence-corrected chi connectivity index (χ0v) is 11.2. The fraction of sp³-hybridized carbons (Fsp3) is 0.214. The van der Waals surface area contributed by atoms with Gasteiger partial charge < -0.3 is 15.4 Å². The third-order valence-electron chi connectivity index (χ3n) is 2.49. The fourth-order valence-electron chi connectivity index (χ4n) is 1.69. The van der Waals surface area contributed by atoms with Crippen molar-refractivity contribution in [2.45, 2.75) is 13.3 Å². The summed E-state index contributed by atoms with van der Waals surface area (Å²) in [6.07, 6.45) is -3.04. The highest BCUT2D eigenvalue weighted by Crippen LogP contribution is 2.25. The second kappa shape index (κ2) is 6.34. The SMILES string of the molecule is CCNc1cc(Nc2ccc(OC(F)(F)F)cc2)ccn1. The van der Waals surface area contributed by atoms with Crippen molar-refractivity contribution in [3.63, 3.8) is 0 Å². The Balaban J connectivity index is 2.04. The van der Waals surface area contributed by atoms with E-state index >= 15 is 0 Å². The van der Waals surface area contributed by atoms with Gasteiger partial charge in [-0.3, -0.25) is 0 Å². The van der Waals surface area contributed by atoms with Crippen LogP contribution in [0.3, 0.4) is 0 Å². The Morgan fingerprint density at radius 1 is 1.10 bits per heavy atom. The van der Waals surface area contributed by atoms with E-state index in [2.05, 4.69) is 20.4 Å². The molecular formula is C14H14F3N3O. The Kier molecular flexibility index (Phi) is 4.52. The number of ether oxygens (including phenoxy) is 1. The maximum absolute atomic E-state index is 12.1. The number of rotatable bonds is 5. The Morgan fingerprint density at radius 2 is 1.81 bits per heavy atom. The first kappa shape index (κ1) is 15.0. The standard InChI is InChI=1S/C14H14F3N3O/c1-2-18-13-9-11(7-8-19-13)20-10-3-5-12(6-4-10)21-14(15,16)17/h3-9H,2H2,1H3,(H2,18,19,20). The van der Waals surface area contributed by atoms with E-state index in [1.54, 1.807) is 12.3 Å². The molecule has 0 aliphatic carbocycles. The molecule has 0 unspecified atom stereocenters. The van der Waals surface area contributed by atoms with Gasteiger partial charge in [0.15, 0.2) is 0 Å². The molecule has 0 saturated carbocycles. The monoisotopic (exact) mass is 297 g/mol. The van der Waals surface area contributed by atoms with Crippen LogP contribution < -0.4 is 15.4 Å². The van der Waals surface area contributed by atoms with Gasteiger partial charge in [-0.1, -0.05) is 0 Å². The lowest BCUT2D eigenvalue weighted by Crippen LogP contribution is -2.16. The van der Waals surface area contributed by atoms with Crippen LogP contribution in [-0.4, -0.2) is 17.9 Å². The molecule has 1 heterocycles. The van der Waals surface area contributed by atoms with Gasteiger partial charge in [0.25, 0.3) is 0 Å². The molecule has 4 nitrogen and oxygen atoms in total. The van der Waals surface area contributed by atoms with Gasteiger partial charge in [-0.05, 0) is 37.3 Å². The number of benzene rings is 1. The summed E-state index contributed by atoms with van der Waals surface area (Å²) in [4.78, 5) is 4.13. The molecule has 0 fully saturated rings. The van der Waals surface area contributed by atoms with Crippen molar-refractivity contribution in [2.24, 2.45) is 0 Å². The average molecular weight is 297 g/mol. The van der Waals surface area contributed by atoms with Crippen molar-refractivity contribution in [3.8, 4) is 5.75 Å². The van der Waals surface area contributed by atoms with E-state index in [-0.39, 0.29) is 5.75 Å². The molecule has 112 valence electrons. The third kappa shape index (κ3) is 4.87. The van der Waals surface area contributed by atoms with Crippen LogP contribution in [0.4, 0.5) is 30.4 Å². The van der Waals surface area contributed by atoms with Gasteiger partial charge in [0, 0.05) is 30.2 Å². The second-order valence-corrected chi connectivity index (χ2v) is 4.16. The molecule has 0 aliphatic heterocycles. The van der Waals surface area contributed by atoms with Gasteiger partial charge in [0.1, 0.15) is 11.6 Å². The quantitative estimate of drug-likeness (QED) is 0.870. The number of anilines is 3. The molecule has 2 rings (SSSR count). The second-order valence-electron chi connectivity index (χ2n) is 4.16. The van der Waals surface area contributed by atoms with E-state index in [4.69, 9.17) is 0 Å². The molecule has 0 aliphatic rings. The summed E-state index contributed by atoms with van der Waals surface area (Å²) < 4.78 is 40.0. The third-order valence-corrected chi connectivity index (χ3v) is 2.49. The predicted molar refractivity (Wildman–Crippen MR) is 74.8 cm³/mol. The van der Waals surface area contributed by atoms with Crippen molar-refractivity contribution in [2.75, 3.05) is 17.2 Å². The number of hydrogen-bond donors (Lipinski definition) is 2. The zero-order valence-electron chi connectivity index (χ0n) is 11.2. The summed E-state index contributed by atoms with van der Waals surface area (Å²) in [6, 6.07) is 9.10. The van der Waals surface area contributed by atoms with Crippen LogP contribution in [0.5, 0.6) is 5.75 Å². The van der Waals surface area contributed by atoms with Gasteiger partial charge >= 0.3 is 6.36 Å². The highest BCUT2D eigenvalue weighted by molar-refractivity contribution is 5.62. The number of aromatic nitrogens is 1. The van der Waals surface area contributed by atoms with Gasteiger partial charge in [0.2, 0.25) is 0 Å². The molecule has 0 spiro atoms. The molecule has 1 aromatic carbocycles. The molecule has 0 atom stereocenters. The normalized spacial score (nSPS) is 11.0. The minimum Gasteiger partial charge on any atom is -0.406 e. The largest absolute Gasteiger partial charge is 0.573 e. The zero-order chi connectivity index (χ0) is 15.3. The fourth-order valence-corrected chi connectivity index (χ4v) is 1.69. The van der Waals surface area contributed by atoms with Crippen LogP contribution in [0, 0.1) is 0 Å². The molecule has 7 heteroatoms. The van der Waals surface area contributed by atoms with Crippen LogP contribution in [0.2, 0.25) is 0 Å². The maximum Gasteiger partial charge on any atom is 0.573 e. The van der Waals surface area contributed by atoms with E-state index < -0.39 is 6.36 Å².